The minimum Gasteiger partial charge on any atom is -0.462 e. The Kier molecular flexibility index (Phi) is 6.47. The van der Waals surface area contributed by atoms with E-state index < -0.39 is 56.0 Å². The van der Waals surface area contributed by atoms with Gasteiger partial charge in [-0.05, 0) is 13.3 Å². The summed E-state index contributed by atoms with van der Waals surface area (Å²) in [5, 5.41) is 9.51. The van der Waals surface area contributed by atoms with Crippen LogP contribution < -0.4 is 0 Å². The molecule has 0 saturated heterocycles. The van der Waals surface area contributed by atoms with Crippen molar-refractivity contribution in [3.8, 4) is 0 Å². The smallest absolute Gasteiger partial charge is 0.341 e. The fraction of sp³-hybridized carbons (Fsp3) is 0.286. The van der Waals surface area contributed by atoms with Gasteiger partial charge < -0.3 is 4.74 Å². The molecule has 0 aliphatic carbocycles. The highest BCUT2D eigenvalue weighted by Gasteiger charge is 2.38. The fourth-order valence-corrected chi connectivity index (χ4v) is 1.99. The minimum absolute atomic E-state index is 0.118. The quantitative estimate of drug-likeness (QED) is 0.0881. The van der Waals surface area contributed by atoms with E-state index >= 15 is 0 Å². The summed E-state index contributed by atoms with van der Waals surface area (Å²) >= 11 is 5.23. The molecule has 0 atom stereocenters. The molecule has 10 heteroatoms. The first-order valence-electron chi connectivity index (χ1n) is 6.61. The Hall–Kier alpha value is -2.42. The second kappa shape index (κ2) is 7.91. The lowest BCUT2D eigenvalue weighted by Crippen LogP contribution is -2.20. The summed E-state index contributed by atoms with van der Waals surface area (Å²) in [6.07, 6.45) is 1.14. The lowest BCUT2D eigenvalue weighted by atomic mass is 9.99. The topological polar surface area (TPSA) is 86.5 Å². The second-order valence-electron chi connectivity index (χ2n) is 4.31. The van der Waals surface area contributed by atoms with E-state index in [1.807, 2.05) is 0 Å². The summed E-state index contributed by atoms with van der Waals surface area (Å²) in [6, 6.07) is 0. The number of ketones is 1. The summed E-state index contributed by atoms with van der Waals surface area (Å²) in [7, 11) is 0. The Morgan fingerprint density at radius 2 is 1.79 bits per heavy atom. The second-order valence-corrected chi connectivity index (χ2v) is 4.69. The van der Waals surface area contributed by atoms with Crippen molar-refractivity contribution in [1.29, 1.82) is 0 Å². The largest absolute Gasteiger partial charge is 0.462 e. The van der Waals surface area contributed by atoms with E-state index in [1.165, 1.54) is 13.8 Å². The van der Waals surface area contributed by atoms with Crippen molar-refractivity contribution in [1.82, 2.24) is 0 Å². The first-order chi connectivity index (χ1) is 11.2. The van der Waals surface area contributed by atoms with Crippen LogP contribution in [0.15, 0.2) is 11.6 Å². The van der Waals surface area contributed by atoms with Crippen molar-refractivity contribution in [3.05, 3.63) is 49.8 Å². The number of nitro groups is 1. The van der Waals surface area contributed by atoms with Crippen molar-refractivity contribution in [2.24, 2.45) is 0 Å². The molecule has 0 aromatic heterocycles. The fourth-order valence-electron chi connectivity index (χ4n) is 1.82. The molecule has 0 N–H and O–H groups in total. The lowest BCUT2D eigenvalue weighted by molar-refractivity contribution is -0.388. The molecule has 24 heavy (non-hydrogen) atoms. The zero-order valence-electron chi connectivity index (χ0n) is 12.5. The van der Waals surface area contributed by atoms with Crippen LogP contribution in [0.25, 0.3) is 0 Å². The van der Waals surface area contributed by atoms with Crippen LogP contribution in [0.1, 0.15) is 30.6 Å². The highest BCUT2D eigenvalue weighted by molar-refractivity contribution is 6.32. The maximum absolute atomic E-state index is 14.1. The first kappa shape index (κ1) is 19.6. The number of benzene rings is 1. The van der Waals surface area contributed by atoms with Gasteiger partial charge in [0.05, 0.1) is 11.5 Å². The number of allylic oxidation sites excluding steroid dienone is 1. The van der Waals surface area contributed by atoms with Gasteiger partial charge in [0.15, 0.2) is 11.6 Å². The molecule has 0 amide bonds. The third-order valence-corrected chi connectivity index (χ3v) is 3.13. The summed E-state index contributed by atoms with van der Waals surface area (Å²) in [4.78, 5) is 33.6. The highest BCUT2D eigenvalue weighted by atomic mass is 35.5. The molecule has 0 saturated carbocycles. The Balaban J connectivity index is 3.71. The monoisotopic (exact) mass is 365 g/mol. The minimum atomic E-state index is -2.10. The third kappa shape index (κ3) is 3.56. The number of ether oxygens (including phenoxy) is 1. The van der Waals surface area contributed by atoms with Gasteiger partial charge in [-0.2, -0.15) is 4.39 Å². The number of carbonyl (C=O) groups excluding carboxylic acids is 2. The van der Waals surface area contributed by atoms with E-state index in [0.717, 1.165) is 6.08 Å². The lowest BCUT2D eigenvalue weighted by Gasteiger charge is -2.10. The standard InChI is InChI=1S/C14H11ClF3NO5/c1-3-5-6(14(21)24-4-2)13(20)7-9(16)8(15)10(17)11(18)12(7)19(22)23/h5H,3-4H2,1-2H3. The molecule has 1 aromatic rings. The van der Waals surface area contributed by atoms with Gasteiger partial charge in [-0.1, -0.05) is 24.6 Å². The van der Waals surface area contributed by atoms with Crippen LogP contribution in [0.2, 0.25) is 5.02 Å². The average molecular weight is 366 g/mol. The van der Waals surface area contributed by atoms with Gasteiger partial charge in [-0.25, -0.2) is 13.6 Å². The van der Waals surface area contributed by atoms with Crippen LogP contribution in [0.4, 0.5) is 18.9 Å². The number of Topliss-reactive ketones (excluding diaryl/α,β-unsaturated/α-hetero) is 1. The molecule has 0 unspecified atom stereocenters. The number of nitro benzene ring substituents is 1. The van der Waals surface area contributed by atoms with Crippen LogP contribution >= 0.6 is 11.6 Å². The van der Waals surface area contributed by atoms with E-state index in [0.29, 0.717) is 0 Å². The molecule has 130 valence electrons. The predicted octanol–water partition coefficient (Wildman–Crippen LogP) is 3.75. The van der Waals surface area contributed by atoms with E-state index in [1.54, 1.807) is 0 Å². The highest BCUT2D eigenvalue weighted by Crippen LogP contribution is 2.35. The number of hydrogen-bond acceptors (Lipinski definition) is 5. The molecule has 0 radical (unpaired) electrons. The van der Waals surface area contributed by atoms with E-state index in [4.69, 9.17) is 11.6 Å². The number of carbonyl (C=O) groups is 2. The van der Waals surface area contributed by atoms with Crippen molar-refractivity contribution >= 4 is 29.0 Å². The summed E-state index contributed by atoms with van der Waals surface area (Å²) in [5.41, 5.74) is -3.94. The molecule has 6 nitrogen and oxygen atoms in total. The number of hydrogen-bond donors (Lipinski definition) is 0. The van der Waals surface area contributed by atoms with Crippen LogP contribution in [-0.2, 0) is 9.53 Å². The average Bonchev–Trinajstić information content (AvgIpc) is 2.52. The van der Waals surface area contributed by atoms with Gasteiger partial charge in [0.1, 0.15) is 16.2 Å². The molecule has 1 rings (SSSR count). The van der Waals surface area contributed by atoms with E-state index in [-0.39, 0.29) is 13.0 Å². The molecular weight excluding hydrogens is 355 g/mol. The van der Waals surface area contributed by atoms with Gasteiger partial charge in [-0.3, -0.25) is 14.9 Å². The Labute approximate surface area is 139 Å². The first-order valence-corrected chi connectivity index (χ1v) is 6.98. The van der Waals surface area contributed by atoms with Crippen molar-refractivity contribution in [2.45, 2.75) is 20.3 Å². The van der Waals surface area contributed by atoms with Gasteiger partial charge >= 0.3 is 11.7 Å². The van der Waals surface area contributed by atoms with Crippen molar-refractivity contribution < 1.29 is 32.4 Å². The molecule has 0 spiro atoms. The SMILES string of the molecule is CCC=C(C(=O)OCC)C(=O)c1c(F)c(Cl)c(F)c(F)c1[N+](=O)[O-]. The number of esters is 1. The number of halogens is 4. The Morgan fingerprint density at radius 3 is 2.25 bits per heavy atom. The maximum atomic E-state index is 14.1. The van der Waals surface area contributed by atoms with Gasteiger partial charge in [-0.15, -0.1) is 0 Å². The normalized spacial score (nSPS) is 11.3. The molecule has 0 heterocycles. The van der Waals surface area contributed by atoms with Gasteiger partial charge in [0.2, 0.25) is 11.6 Å². The number of nitrogens with zero attached hydrogens (tertiary/aromatic N) is 1. The molecule has 0 aliphatic rings. The number of rotatable bonds is 6. The molecule has 0 aliphatic heterocycles. The van der Waals surface area contributed by atoms with Crippen molar-refractivity contribution in [2.75, 3.05) is 6.61 Å². The molecule has 1 aromatic carbocycles. The Morgan fingerprint density at radius 1 is 1.21 bits per heavy atom. The van der Waals surface area contributed by atoms with Gasteiger partial charge in [0.25, 0.3) is 0 Å². The third-order valence-electron chi connectivity index (χ3n) is 2.80. The van der Waals surface area contributed by atoms with E-state index in [2.05, 4.69) is 4.74 Å². The maximum Gasteiger partial charge on any atom is 0.341 e. The predicted molar refractivity (Wildman–Crippen MR) is 77.3 cm³/mol. The summed E-state index contributed by atoms with van der Waals surface area (Å²) in [5.74, 6) is -8.65. The zero-order valence-corrected chi connectivity index (χ0v) is 13.2. The zero-order chi connectivity index (χ0) is 18.6. The summed E-state index contributed by atoms with van der Waals surface area (Å²) < 4.78 is 45.9. The summed E-state index contributed by atoms with van der Waals surface area (Å²) in [6.45, 7) is 2.83. The molecule has 0 bridgehead atoms. The van der Waals surface area contributed by atoms with Crippen LogP contribution in [0.3, 0.4) is 0 Å². The van der Waals surface area contributed by atoms with Gasteiger partial charge in [0, 0.05) is 0 Å². The van der Waals surface area contributed by atoms with Crippen LogP contribution in [-0.4, -0.2) is 23.3 Å². The molecule has 0 fully saturated rings. The van der Waals surface area contributed by atoms with Crippen LogP contribution in [0.5, 0.6) is 0 Å². The van der Waals surface area contributed by atoms with E-state index in [9.17, 15) is 32.9 Å². The van der Waals surface area contributed by atoms with Crippen LogP contribution in [0, 0.1) is 27.6 Å². The Bertz CT molecular complexity index is 749. The molecular formula is C14H11ClF3NO5. The van der Waals surface area contributed by atoms with Crippen molar-refractivity contribution in [3.63, 3.8) is 0 Å².